The van der Waals surface area contributed by atoms with Gasteiger partial charge in [-0.25, -0.2) is 4.39 Å². The molecule has 0 N–H and O–H groups in total. The third-order valence-electron chi connectivity index (χ3n) is 9.75. The van der Waals surface area contributed by atoms with E-state index in [9.17, 15) is 8.78 Å². The zero-order valence-corrected chi connectivity index (χ0v) is 22.9. The molecule has 1 aromatic rings. The van der Waals surface area contributed by atoms with E-state index in [4.69, 9.17) is 9.47 Å². The van der Waals surface area contributed by atoms with Gasteiger partial charge in [0.15, 0.2) is 11.6 Å². The Morgan fingerprint density at radius 3 is 2.00 bits per heavy atom. The van der Waals surface area contributed by atoms with Gasteiger partial charge in [0.05, 0.1) is 19.3 Å². The van der Waals surface area contributed by atoms with Crippen molar-refractivity contribution >= 4 is 0 Å². The molecule has 2 saturated carbocycles. The lowest BCUT2D eigenvalue weighted by Gasteiger charge is -2.38. The van der Waals surface area contributed by atoms with Crippen LogP contribution in [-0.4, -0.2) is 19.3 Å². The molecular weight excluding hydrogens is 454 g/mol. The van der Waals surface area contributed by atoms with Crippen molar-refractivity contribution in [2.75, 3.05) is 13.2 Å². The molecule has 0 spiro atoms. The third kappa shape index (κ3) is 7.45. The number of ether oxygens (including phenoxy) is 2. The van der Waals surface area contributed by atoms with Gasteiger partial charge in [-0.15, -0.1) is 0 Å². The molecule has 2 aliphatic carbocycles. The van der Waals surface area contributed by atoms with Crippen LogP contribution in [0.4, 0.5) is 8.78 Å². The number of hydrogen-bond donors (Lipinski definition) is 0. The van der Waals surface area contributed by atoms with Crippen molar-refractivity contribution < 1.29 is 18.3 Å². The highest BCUT2D eigenvalue weighted by atomic mass is 19.2. The van der Waals surface area contributed by atoms with Crippen LogP contribution in [0.15, 0.2) is 12.1 Å². The van der Waals surface area contributed by atoms with Crippen LogP contribution in [0.3, 0.4) is 0 Å². The number of unbranched alkanes of at least 4 members (excludes halogenated alkanes) is 2. The number of rotatable bonds is 11. The lowest BCUT2D eigenvalue weighted by atomic mass is 9.68. The van der Waals surface area contributed by atoms with Crippen molar-refractivity contribution in [1.29, 1.82) is 0 Å². The van der Waals surface area contributed by atoms with E-state index in [1.807, 2.05) is 0 Å². The zero-order chi connectivity index (χ0) is 25.3. The average Bonchev–Trinajstić information content (AvgIpc) is 2.92. The lowest BCUT2D eigenvalue weighted by Crippen LogP contribution is -2.28. The Morgan fingerprint density at radius 1 is 0.750 bits per heavy atom. The van der Waals surface area contributed by atoms with Gasteiger partial charge in [-0.2, -0.15) is 4.39 Å². The monoisotopic (exact) mass is 504 g/mol. The van der Waals surface area contributed by atoms with Crippen LogP contribution >= 0.6 is 0 Å². The Labute approximate surface area is 218 Å². The number of benzene rings is 1. The molecule has 1 saturated heterocycles. The van der Waals surface area contributed by atoms with Crippen LogP contribution in [0.2, 0.25) is 0 Å². The quantitative estimate of drug-likeness (QED) is 0.279. The van der Waals surface area contributed by atoms with E-state index in [-0.39, 0.29) is 17.8 Å². The van der Waals surface area contributed by atoms with Crippen molar-refractivity contribution in [2.45, 2.75) is 129 Å². The first-order valence-electron chi connectivity index (χ1n) is 15.3. The van der Waals surface area contributed by atoms with Crippen molar-refractivity contribution in [2.24, 2.45) is 23.7 Å². The second-order valence-electron chi connectivity index (χ2n) is 12.1. The van der Waals surface area contributed by atoms with E-state index in [1.54, 1.807) is 19.1 Å². The molecule has 1 aromatic carbocycles. The van der Waals surface area contributed by atoms with Crippen molar-refractivity contribution in [3.05, 3.63) is 29.3 Å². The van der Waals surface area contributed by atoms with Gasteiger partial charge in [0, 0.05) is 5.92 Å². The summed E-state index contributed by atoms with van der Waals surface area (Å²) in [5.41, 5.74) is 0.433. The number of hydrogen-bond acceptors (Lipinski definition) is 2. The van der Waals surface area contributed by atoms with Gasteiger partial charge in [-0.3, -0.25) is 0 Å². The molecule has 2 atom stereocenters. The minimum atomic E-state index is -0.868. The summed E-state index contributed by atoms with van der Waals surface area (Å²) in [6.07, 6.45) is 21.8. The molecule has 3 aliphatic rings. The molecule has 0 aromatic heterocycles. The molecule has 0 radical (unpaired) electrons. The van der Waals surface area contributed by atoms with Gasteiger partial charge in [-0.1, -0.05) is 64.4 Å². The summed E-state index contributed by atoms with van der Waals surface area (Å²) >= 11 is 0. The summed E-state index contributed by atoms with van der Waals surface area (Å²) in [4.78, 5) is 0. The fourth-order valence-corrected chi connectivity index (χ4v) is 7.41. The predicted molar refractivity (Wildman–Crippen MR) is 144 cm³/mol. The van der Waals surface area contributed by atoms with E-state index < -0.39 is 11.6 Å². The van der Waals surface area contributed by atoms with Gasteiger partial charge >= 0.3 is 0 Å². The SMILES string of the molecule is CCCCCC1CCC(C2CCC(CCC3CCC(c4ccc(OCC)c(F)c4F)CO3)CC2)CC1. The first-order valence-corrected chi connectivity index (χ1v) is 15.3. The maximum atomic E-state index is 14.6. The smallest absolute Gasteiger partial charge is 0.200 e. The van der Waals surface area contributed by atoms with Crippen molar-refractivity contribution in [3.8, 4) is 5.75 Å². The van der Waals surface area contributed by atoms with Crippen LogP contribution in [0.25, 0.3) is 0 Å². The molecule has 0 amide bonds. The minimum absolute atomic E-state index is 0.00170. The molecule has 1 heterocycles. The summed E-state index contributed by atoms with van der Waals surface area (Å²) in [5.74, 6) is 2.15. The van der Waals surface area contributed by atoms with E-state index in [1.165, 1.54) is 83.5 Å². The van der Waals surface area contributed by atoms with Gasteiger partial charge in [0.25, 0.3) is 0 Å². The molecule has 204 valence electrons. The van der Waals surface area contributed by atoms with Crippen molar-refractivity contribution in [1.82, 2.24) is 0 Å². The summed E-state index contributed by atoms with van der Waals surface area (Å²) in [6.45, 7) is 4.89. The van der Waals surface area contributed by atoms with E-state index in [2.05, 4.69) is 6.92 Å². The number of halogens is 2. The first kappa shape index (κ1) is 27.9. The normalized spacial score (nSPS) is 31.3. The van der Waals surface area contributed by atoms with Gasteiger partial charge in [0.1, 0.15) is 0 Å². The average molecular weight is 505 g/mol. The molecular formula is C32H50F2O2. The molecule has 1 aliphatic heterocycles. The Hall–Kier alpha value is -1.16. The highest BCUT2D eigenvalue weighted by molar-refractivity contribution is 5.33. The van der Waals surface area contributed by atoms with Gasteiger partial charge in [-0.05, 0) is 93.6 Å². The first-order chi connectivity index (χ1) is 17.6. The molecule has 4 heteroatoms. The summed E-state index contributed by atoms with van der Waals surface area (Å²) in [7, 11) is 0. The third-order valence-corrected chi connectivity index (χ3v) is 9.75. The minimum Gasteiger partial charge on any atom is -0.491 e. The molecule has 3 fully saturated rings. The van der Waals surface area contributed by atoms with Crippen LogP contribution in [-0.2, 0) is 4.74 Å². The van der Waals surface area contributed by atoms with Crippen LogP contribution in [0.1, 0.15) is 128 Å². The molecule has 2 nitrogen and oxygen atoms in total. The maximum absolute atomic E-state index is 14.6. The molecule has 2 unspecified atom stereocenters. The van der Waals surface area contributed by atoms with E-state index in [0.717, 1.165) is 42.9 Å². The predicted octanol–water partition coefficient (Wildman–Crippen LogP) is 9.60. The van der Waals surface area contributed by atoms with Crippen molar-refractivity contribution in [3.63, 3.8) is 0 Å². The highest BCUT2D eigenvalue weighted by Crippen LogP contribution is 2.43. The Balaban J connectivity index is 1.12. The Morgan fingerprint density at radius 2 is 1.42 bits per heavy atom. The fraction of sp³-hybridized carbons (Fsp3) is 0.812. The Bertz CT molecular complexity index is 773. The summed E-state index contributed by atoms with van der Waals surface area (Å²) < 4.78 is 40.2. The fourth-order valence-electron chi connectivity index (χ4n) is 7.41. The topological polar surface area (TPSA) is 18.5 Å². The van der Waals surface area contributed by atoms with E-state index in [0.29, 0.717) is 18.8 Å². The summed E-state index contributed by atoms with van der Waals surface area (Å²) in [6, 6.07) is 3.23. The van der Waals surface area contributed by atoms with Gasteiger partial charge in [0.2, 0.25) is 5.82 Å². The zero-order valence-electron chi connectivity index (χ0n) is 22.9. The highest BCUT2D eigenvalue weighted by Gasteiger charge is 2.32. The second kappa shape index (κ2) is 14.1. The molecule has 4 rings (SSSR count). The lowest BCUT2D eigenvalue weighted by molar-refractivity contribution is -0.00638. The van der Waals surface area contributed by atoms with E-state index >= 15 is 0 Å². The van der Waals surface area contributed by atoms with Crippen LogP contribution < -0.4 is 4.74 Å². The largest absolute Gasteiger partial charge is 0.491 e. The van der Waals surface area contributed by atoms with Crippen LogP contribution in [0, 0.1) is 35.3 Å². The second-order valence-corrected chi connectivity index (χ2v) is 12.1. The Kier molecular flexibility index (Phi) is 10.9. The molecule has 0 bridgehead atoms. The van der Waals surface area contributed by atoms with Gasteiger partial charge < -0.3 is 9.47 Å². The standard InChI is InChI=1S/C32H50F2O2/c1-3-5-6-7-23-8-13-25(14-9-23)26-15-10-24(11-16-26)12-18-28-19-17-27(22-36-28)29-20-21-30(35-4-2)32(34)31(29)33/h20-21,23-28H,3-19,22H2,1-2H3. The summed E-state index contributed by atoms with van der Waals surface area (Å²) in [5, 5.41) is 0. The molecule has 36 heavy (non-hydrogen) atoms. The maximum Gasteiger partial charge on any atom is 0.200 e. The van der Waals surface area contributed by atoms with Crippen LogP contribution in [0.5, 0.6) is 5.75 Å².